The number of thiophene rings is 1. The molecule has 0 fully saturated rings. The minimum atomic E-state index is -0.216. The van der Waals surface area contributed by atoms with Gasteiger partial charge in [-0.25, -0.2) is 4.98 Å². The van der Waals surface area contributed by atoms with Gasteiger partial charge in [-0.2, -0.15) is 0 Å². The van der Waals surface area contributed by atoms with Crippen molar-refractivity contribution < 1.29 is 9.53 Å². The van der Waals surface area contributed by atoms with Crippen molar-refractivity contribution in [3.8, 4) is 5.75 Å². The van der Waals surface area contributed by atoms with Crippen molar-refractivity contribution in [1.82, 2.24) is 9.55 Å². The van der Waals surface area contributed by atoms with Gasteiger partial charge in [0.05, 0.1) is 23.3 Å². The number of methoxy groups -OCH3 is 1. The van der Waals surface area contributed by atoms with Crippen LogP contribution in [0, 0.1) is 0 Å². The van der Waals surface area contributed by atoms with E-state index in [0.29, 0.717) is 31.8 Å². The van der Waals surface area contributed by atoms with Gasteiger partial charge < -0.3 is 10.1 Å². The predicted octanol–water partition coefficient (Wildman–Crippen LogP) is 3.39. The first kappa shape index (κ1) is 17.8. The maximum Gasteiger partial charge on any atom is 0.262 e. The number of aromatic nitrogens is 2. The largest absolute Gasteiger partial charge is 0.495 e. The molecule has 3 aromatic rings. The highest BCUT2D eigenvalue weighted by atomic mass is 35.5. The summed E-state index contributed by atoms with van der Waals surface area (Å²) in [6.45, 7) is 0. The Labute approximate surface area is 156 Å². The zero-order chi connectivity index (χ0) is 18.0. The molecule has 0 bridgehead atoms. The van der Waals surface area contributed by atoms with E-state index < -0.39 is 0 Å². The van der Waals surface area contributed by atoms with Crippen molar-refractivity contribution in [2.75, 3.05) is 18.2 Å². The van der Waals surface area contributed by atoms with Crippen LogP contribution in [-0.4, -0.2) is 28.3 Å². The zero-order valence-corrected chi connectivity index (χ0v) is 15.8. The molecule has 2 aromatic heterocycles. The summed E-state index contributed by atoms with van der Waals surface area (Å²) in [6.07, 6.45) is 0. The number of carbonyl (C=O) groups is 1. The Morgan fingerprint density at radius 1 is 1.44 bits per heavy atom. The summed E-state index contributed by atoms with van der Waals surface area (Å²) in [5.74, 6) is 0.449. The van der Waals surface area contributed by atoms with E-state index in [1.54, 1.807) is 31.3 Å². The summed E-state index contributed by atoms with van der Waals surface area (Å²) in [6, 6.07) is 6.76. The summed E-state index contributed by atoms with van der Waals surface area (Å²) in [5.41, 5.74) is 0.461. The number of ether oxygens (including phenoxy) is 1. The molecular weight excluding hydrogens is 382 g/mol. The maximum atomic E-state index is 12.2. The SMILES string of the molecule is COc1ccc(NC(=O)CSc2nc3sccc3c(=O)n2C)cc1Cl. The molecule has 9 heteroatoms. The van der Waals surface area contributed by atoms with Crippen LogP contribution in [0.1, 0.15) is 0 Å². The number of halogens is 1. The number of thioether (sulfide) groups is 1. The van der Waals surface area contributed by atoms with Gasteiger partial charge in [0.2, 0.25) is 5.91 Å². The molecule has 0 radical (unpaired) electrons. The normalized spacial score (nSPS) is 10.8. The van der Waals surface area contributed by atoms with Gasteiger partial charge in [0.15, 0.2) is 5.16 Å². The van der Waals surface area contributed by atoms with Gasteiger partial charge in [0.1, 0.15) is 10.6 Å². The summed E-state index contributed by atoms with van der Waals surface area (Å²) in [7, 11) is 3.17. The highest BCUT2D eigenvalue weighted by Gasteiger charge is 2.12. The number of hydrogen-bond acceptors (Lipinski definition) is 6. The topological polar surface area (TPSA) is 73.2 Å². The second-order valence-corrected chi connectivity index (χ2v) is 7.33. The molecule has 0 saturated carbocycles. The highest BCUT2D eigenvalue weighted by molar-refractivity contribution is 7.99. The van der Waals surface area contributed by atoms with Crippen molar-refractivity contribution in [3.05, 3.63) is 45.0 Å². The molecule has 0 aliphatic heterocycles. The number of anilines is 1. The van der Waals surface area contributed by atoms with Crippen molar-refractivity contribution in [2.24, 2.45) is 7.05 Å². The number of benzene rings is 1. The Hall–Kier alpha value is -2.03. The maximum absolute atomic E-state index is 12.2. The molecule has 1 N–H and O–H groups in total. The lowest BCUT2D eigenvalue weighted by molar-refractivity contribution is -0.113. The summed E-state index contributed by atoms with van der Waals surface area (Å²) in [4.78, 5) is 29.5. The lowest BCUT2D eigenvalue weighted by Crippen LogP contribution is -2.20. The van der Waals surface area contributed by atoms with Crippen molar-refractivity contribution >= 4 is 56.5 Å². The van der Waals surface area contributed by atoms with Crippen LogP contribution in [0.2, 0.25) is 5.02 Å². The molecule has 0 saturated heterocycles. The lowest BCUT2D eigenvalue weighted by atomic mass is 10.3. The smallest absolute Gasteiger partial charge is 0.262 e. The van der Waals surface area contributed by atoms with Gasteiger partial charge in [0, 0.05) is 12.7 Å². The summed E-state index contributed by atoms with van der Waals surface area (Å²) >= 11 is 8.65. The van der Waals surface area contributed by atoms with Crippen LogP contribution in [0.25, 0.3) is 10.2 Å². The molecule has 0 aliphatic carbocycles. The molecule has 0 spiro atoms. The Morgan fingerprint density at radius 2 is 2.24 bits per heavy atom. The monoisotopic (exact) mass is 395 g/mol. The van der Waals surface area contributed by atoms with Gasteiger partial charge in [0.25, 0.3) is 5.56 Å². The second kappa shape index (κ2) is 7.47. The zero-order valence-electron chi connectivity index (χ0n) is 13.4. The van der Waals surface area contributed by atoms with Gasteiger partial charge in [-0.1, -0.05) is 23.4 Å². The fourth-order valence-corrected chi connectivity index (χ4v) is 4.02. The average molecular weight is 396 g/mol. The molecule has 2 heterocycles. The standard InChI is InChI=1S/C16H14ClN3O3S2/c1-20-15(22)10-5-6-24-14(10)19-16(20)25-8-13(21)18-9-3-4-12(23-2)11(17)7-9/h3-7H,8H2,1-2H3,(H,18,21). The number of fused-ring (bicyclic) bond motifs is 1. The lowest BCUT2D eigenvalue weighted by Gasteiger charge is -2.09. The third kappa shape index (κ3) is 3.81. The Morgan fingerprint density at radius 3 is 2.96 bits per heavy atom. The highest BCUT2D eigenvalue weighted by Crippen LogP contribution is 2.27. The molecule has 130 valence electrons. The molecule has 1 amide bonds. The van der Waals surface area contributed by atoms with Gasteiger partial charge in [-0.15, -0.1) is 11.3 Å². The number of amides is 1. The van der Waals surface area contributed by atoms with E-state index in [1.807, 2.05) is 5.38 Å². The minimum Gasteiger partial charge on any atom is -0.495 e. The quantitative estimate of drug-likeness (QED) is 0.529. The van der Waals surface area contributed by atoms with E-state index in [2.05, 4.69) is 10.3 Å². The summed E-state index contributed by atoms with van der Waals surface area (Å²) < 4.78 is 6.53. The molecule has 6 nitrogen and oxygen atoms in total. The number of carbonyl (C=O) groups excluding carboxylic acids is 1. The van der Waals surface area contributed by atoms with Crippen LogP contribution in [0.5, 0.6) is 5.75 Å². The number of rotatable bonds is 5. The van der Waals surface area contributed by atoms with Crippen LogP contribution in [0.4, 0.5) is 5.69 Å². The van der Waals surface area contributed by atoms with Crippen molar-refractivity contribution in [1.29, 1.82) is 0 Å². The minimum absolute atomic E-state index is 0.115. The number of nitrogens with zero attached hydrogens (tertiary/aromatic N) is 2. The van der Waals surface area contributed by atoms with Crippen LogP contribution in [0.15, 0.2) is 39.6 Å². The predicted molar refractivity (Wildman–Crippen MR) is 102 cm³/mol. The molecule has 1 aromatic carbocycles. The van der Waals surface area contributed by atoms with Gasteiger partial charge >= 0.3 is 0 Å². The van der Waals surface area contributed by atoms with Crippen LogP contribution in [0.3, 0.4) is 0 Å². The Bertz CT molecular complexity index is 1000. The van der Waals surface area contributed by atoms with E-state index in [-0.39, 0.29) is 17.2 Å². The molecule has 3 rings (SSSR count). The molecule has 25 heavy (non-hydrogen) atoms. The third-order valence-electron chi connectivity index (χ3n) is 3.43. The van der Waals surface area contributed by atoms with Crippen molar-refractivity contribution in [2.45, 2.75) is 5.16 Å². The van der Waals surface area contributed by atoms with Crippen LogP contribution in [-0.2, 0) is 11.8 Å². The first-order chi connectivity index (χ1) is 12.0. The third-order valence-corrected chi connectivity index (χ3v) is 5.56. The first-order valence-electron chi connectivity index (χ1n) is 7.20. The second-order valence-electron chi connectivity index (χ2n) is 5.08. The van der Waals surface area contributed by atoms with E-state index >= 15 is 0 Å². The number of hydrogen-bond donors (Lipinski definition) is 1. The van der Waals surface area contributed by atoms with E-state index in [9.17, 15) is 9.59 Å². The van der Waals surface area contributed by atoms with E-state index in [0.717, 1.165) is 0 Å². The van der Waals surface area contributed by atoms with E-state index in [1.165, 1.54) is 34.8 Å². The van der Waals surface area contributed by atoms with E-state index in [4.69, 9.17) is 16.3 Å². The van der Waals surface area contributed by atoms with Crippen LogP contribution >= 0.6 is 34.7 Å². The fourth-order valence-electron chi connectivity index (χ4n) is 2.18. The number of nitrogens with one attached hydrogen (secondary N) is 1. The molecular formula is C16H14ClN3O3S2. The molecule has 0 atom stereocenters. The Kier molecular flexibility index (Phi) is 5.31. The molecule has 0 aliphatic rings. The Balaban J connectivity index is 1.69. The summed E-state index contributed by atoms with van der Waals surface area (Å²) in [5, 5.41) is 6.10. The van der Waals surface area contributed by atoms with Gasteiger partial charge in [-0.05, 0) is 29.6 Å². The van der Waals surface area contributed by atoms with Gasteiger partial charge in [-0.3, -0.25) is 14.2 Å². The first-order valence-corrected chi connectivity index (χ1v) is 9.44. The average Bonchev–Trinajstić information content (AvgIpc) is 3.05. The van der Waals surface area contributed by atoms with Crippen LogP contribution < -0.4 is 15.6 Å². The molecule has 0 unspecified atom stereocenters. The fraction of sp³-hybridized carbons (Fsp3) is 0.188. The van der Waals surface area contributed by atoms with Crippen molar-refractivity contribution in [3.63, 3.8) is 0 Å².